The summed E-state index contributed by atoms with van der Waals surface area (Å²) in [4.78, 5) is 24.4. The van der Waals surface area contributed by atoms with Gasteiger partial charge in [-0.1, -0.05) is 68.4 Å². The van der Waals surface area contributed by atoms with Gasteiger partial charge in [0.15, 0.2) is 0 Å². The van der Waals surface area contributed by atoms with Crippen LogP contribution in [0.15, 0.2) is 66.7 Å². The first kappa shape index (κ1) is 21.3. The maximum absolute atomic E-state index is 12.6. The van der Waals surface area contributed by atoms with Crippen molar-refractivity contribution in [3.05, 3.63) is 83.4 Å². The van der Waals surface area contributed by atoms with E-state index in [-0.39, 0.29) is 18.1 Å². The number of hydrogen-bond donors (Lipinski definition) is 1. The molecule has 3 rings (SSSR count). The molecule has 30 heavy (non-hydrogen) atoms. The van der Waals surface area contributed by atoms with E-state index in [1.54, 1.807) is 37.3 Å². The third-order valence-electron chi connectivity index (χ3n) is 4.89. The van der Waals surface area contributed by atoms with E-state index < -0.39 is 5.97 Å². The fourth-order valence-corrected chi connectivity index (χ4v) is 3.66. The van der Waals surface area contributed by atoms with Gasteiger partial charge < -0.3 is 9.84 Å². The third kappa shape index (κ3) is 4.60. The first-order valence-corrected chi connectivity index (χ1v) is 10.1. The largest absolute Gasteiger partial charge is 0.478 e. The first-order chi connectivity index (χ1) is 14.4. The minimum absolute atomic E-state index is 0.226. The molecule has 0 aromatic heterocycles. The van der Waals surface area contributed by atoms with Crippen LogP contribution in [-0.4, -0.2) is 23.7 Å². The minimum atomic E-state index is -0.985. The van der Waals surface area contributed by atoms with Crippen LogP contribution in [0.1, 0.15) is 47.1 Å². The molecule has 0 spiro atoms. The molecule has 0 unspecified atom stereocenters. The fourth-order valence-electron chi connectivity index (χ4n) is 3.66. The van der Waals surface area contributed by atoms with Crippen LogP contribution in [0.3, 0.4) is 0 Å². The van der Waals surface area contributed by atoms with Crippen molar-refractivity contribution in [1.29, 1.82) is 0 Å². The molecule has 4 nitrogen and oxygen atoms in total. The van der Waals surface area contributed by atoms with Crippen molar-refractivity contribution >= 4 is 11.9 Å². The van der Waals surface area contributed by atoms with E-state index in [1.807, 2.05) is 30.3 Å². The molecule has 0 fully saturated rings. The average Bonchev–Trinajstić information content (AvgIpc) is 2.73. The number of ether oxygens (including phenoxy) is 1. The van der Waals surface area contributed by atoms with E-state index >= 15 is 0 Å². The van der Waals surface area contributed by atoms with Gasteiger partial charge in [0.2, 0.25) is 0 Å². The van der Waals surface area contributed by atoms with Crippen molar-refractivity contribution in [3.63, 3.8) is 0 Å². The standard InChI is InChI=1S/C26H26O4/c1-4-30-26(29)23-12-8-6-10-20(23)24-16-18(15-17(2)3)13-14-21(24)19-9-5-7-11-22(19)25(27)28/h5-14,16-17H,4,15H2,1-3H3,(H,27,28). The van der Waals surface area contributed by atoms with Crippen LogP contribution in [0.4, 0.5) is 0 Å². The van der Waals surface area contributed by atoms with Crippen molar-refractivity contribution in [1.82, 2.24) is 0 Å². The number of carbonyl (C=O) groups excluding carboxylic acids is 1. The van der Waals surface area contributed by atoms with Gasteiger partial charge in [-0.3, -0.25) is 0 Å². The fraction of sp³-hybridized carbons (Fsp3) is 0.231. The number of aromatic carboxylic acids is 1. The van der Waals surface area contributed by atoms with Crippen LogP contribution < -0.4 is 0 Å². The van der Waals surface area contributed by atoms with Gasteiger partial charge in [-0.15, -0.1) is 0 Å². The highest BCUT2D eigenvalue weighted by molar-refractivity contribution is 6.03. The van der Waals surface area contributed by atoms with E-state index in [9.17, 15) is 14.7 Å². The predicted octanol–water partition coefficient (Wildman–Crippen LogP) is 6.09. The molecule has 0 amide bonds. The number of hydrogen-bond acceptors (Lipinski definition) is 3. The van der Waals surface area contributed by atoms with Gasteiger partial charge in [0.25, 0.3) is 0 Å². The van der Waals surface area contributed by atoms with Gasteiger partial charge in [0, 0.05) is 0 Å². The zero-order valence-corrected chi connectivity index (χ0v) is 17.5. The molecule has 0 aliphatic rings. The Hall–Kier alpha value is -3.40. The summed E-state index contributed by atoms with van der Waals surface area (Å²) in [7, 11) is 0. The summed E-state index contributed by atoms with van der Waals surface area (Å²) < 4.78 is 5.26. The van der Waals surface area contributed by atoms with Crippen molar-refractivity contribution in [2.75, 3.05) is 6.61 Å². The van der Waals surface area contributed by atoms with E-state index in [0.29, 0.717) is 17.0 Å². The second kappa shape index (κ2) is 9.40. The molecule has 0 saturated carbocycles. The zero-order valence-electron chi connectivity index (χ0n) is 17.5. The van der Waals surface area contributed by atoms with Crippen molar-refractivity contribution < 1.29 is 19.4 Å². The van der Waals surface area contributed by atoms with Crippen molar-refractivity contribution in [2.45, 2.75) is 27.2 Å². The summed E-state index contributed by atoms with van der Waals surface area (Å²) in [5, 5.41) is 9.70. The number of esters is 1. The molecule has 3 aromatic rings. The Balaban J connectivity index is 2.28. The van der Waals surface area contributed by atoms with Crippen LogP contribution in [0.25, 0.3) is 22.3 Å². The van der Waals surface area contributed by atoms with Crippen molar-refractivity contribution in [2.24, 2.45) is 5.92 Å². The SMILES string of the molecule is CCOC(=O)c1ccccc1-c1cc(CC(C)C)ccc1-c1ccccc1C(=O)O. The topological polar surface area (TPSA) is 63.6 Å². The lowest BCUT2D eigenvalue weighted by molar-refractivity contribution is 0.0526. The van der Waals surface area contributed by atoms with Gasteiger partial charge in [-0.05, 0) is 59.2 Å². The zero-order chi connectivity index (χ0) is 21.7. The predicted molar refractivity (Wildman–Crippen MR) is 119 cm³/mol. The van der Waals surface area contributed by atoms with Gasteiger partial charge >= 0.3 is 11.9 Å². The highest BCUT2D eigenvalue weighted by Crippen LogP contribution is 2.37. The molecule has 154 valence electrons. The number of rotatable bonds is 7. The molecule has 0 aliphatic heterocycles. The van der Waals surface area contributed by atoms with Gasteiger partial charge in [-0.2, -0.15) is 0 Å². The molecule has 0 atom stereocenters. The van der Waals surface area contributed by atoms with Crippen LogP contribution in [-0.2, 0) is 11.2 Å². The smallest absolute Gasteiger partial charge is 0.338 e. The molecular weight excluding hydrogens is 376 g/mol. The lowest BCUT2D eigenvalue weighted by atomic mass is 9.87. The first-order valence-electron chi connectivity index (χ1n) is 10.1. The van der Waals surface area contributed by atoms with Gasteiger partial charge in [0.1, 0.15) is 0 Å². The molecule has 4 heteroatoms. The van der Waals surface area contributed by atoms with Gasteiger partial charge in [-0.25, -0.2) is 9.59 Å². The lowest BCUT2D eigenvalue weighted by Crippen LogP contribution is -2.07. The number of carboxylic acids is 1. The quantitative estimate of drug-likeness (QED) is 0.486. The van der Waals surface area contributed by atoms with Crippen LogP contribution in [0.5, 0.6) is 0 Å². The molecule has 1 N–H and O–H groups in total. The minimum Gasteiger partial charge on any atom is -0.478 e. The van der Waals surface area contributed by atoms with E-state index in [4.69, 9.17) is 4.74 Å². The van der Waals surface area contributed by atoms with Crippen LogP contribution >= 0.6 is 0 Å². The monoisotopic (exact) mass is 402 g/mol. The molecule has 0 saturated heterocycles. The lowest BCUT2D eigenvalue weighted by Gasteiger charge is -2.17. The summed E-state index contributed by atoms with van der Waals surface area (Å²) in [6.07, 6.45) is 0.884. The summed E-state index contributed by atoms with van der Waals surface area (Å²) in [6, 6.07) is 20.3. The Morgan fingerprint density at radius 2 is 1.43 bits per heavy atom. The summed E-state index contributed by atoms with van der Waals surface area (Å²) in [5.74, 6) is -0.906. The Labute approximate surface area is 177 Å². The Kier molecular flexibility index (Phi) is 6.68. The molecular formula is C26H26O4. The summed E-state index contributed by atoms with van der Waals surface area (Å²) in [6.45, 7) is 6.37. The van der Waals surface area contributed by atoms with E-state index in [1.165, 1.54) is 0 Å². The highest BCUT2D eigenvalue weighted by Gasteiger charge is 2.20. The third-order valence-corrected chi connectivity index (χ3v) is 4.89. The van der Waals surface area contributed by atoms with E-state index in [0.717, 1.165) is 28.7 Å². The molecule has 3 aromatic carbocycles. The van der Waals surface area contributed by atoms with E-state index in [2.05, 4.69) is 19.9 Å². The normalized spacial score (nSPS) is 10.8. The maximum Gasteiger partial charge on any atom is 0.338 e. The number of carboxylic acid groups (broad SMARTS) is 1. The summed E-state index contributed by atoms with van der Waals surface area (Å²) in [5.41, 5.74) is 4.78. The second-order valence-corrected chi connectivity index (χ2v) is 7.59. The Morgan fingerprint density at radius 3 is 2.03 bits per heavy atom. The summed E-state index contributed by atoms with van der Waals surface area (Å²) >= 11 is 0. The Bertz CT molecular complexity index is 1070. The van der Waals surface area contributed by atoms with Crippen LogP contribution in [0, 0.1) is 5.92 Å². The number of carbonyl (C=O) groups is 2. The molecule has 0 heterocycles. The maximum atomic E-state index is 12.6. The second-order valence-electron chi connectivity index (χ2n) is 7.59. The number of benzene rings is 3. The molecule has 0 bridgehead atoms. The Morgan fingerprint density at radius 1 is 0.833 bits per heavy atom. The van der Waals surface area contributed by atoms with Crippen molar-refractivity contribution in [3.8, 4) is 22.3 Å². The molecule has 0 aliphatic carbocycles. The van der Waals surface area contributed by atoms with Gasteiger partial charge in [0.05, 0.1) is 17.7 Å². The molecule has 0 radical (unpaired) electrons. The highest BCUT2D eigenvalue weighted by atomic mass is 16.5. The van der Waals surface area contributed by atoms with Crippen LogP contribution in [0.2, 0.25) is 0 Å². The average molecular weight is 402 g/mol.